The van der Waals surface area contributed by atoms with E-state index in [0.29, 0.717) is 12.2 Å². The molecule has 2 N–H and O–H groups in total. The fourth-order valence-electron chi connectivity index (χ4n) is 2.39. The van der Waals surface area contributed by atoms with Crippen LogP contribution in [0, 0.1) is 17.3 Å². The molecule has 1 fully saturated rings. The number of carbonyl (C=O) groups is 2. The van der Waals surface area contributed by atoms with Crippen LogP contribution in [0.3, 0.4) is 0 Å². The van der Waals surface area contributed by atoms with E-state index >= 15 is 0 Å². The average molecular weight is 261 g/mol. The highest BCUT2D eigenvalue weighted by Gasteiger charge is 2.45. The summed E-state index contributed by atoms with van der Waals surface area (Å²) in [6.45, 7) is 6.68. The summed E-state index contributed by atoms with van der Waals surface area (Å²) >= 11 is 0. The van der Waals surface area contributed by atoms with Crippen LogP contribution in [0.1, 0.15) is 20.8 Å². The van der Waals surface area contributed by atoms with Crippen molar-refractivity contribution in [1.29, 1.82) is 0 Å². The third-order valence-electron chi connectivity index (χ3n) is 3.50. The van der Waals surface area contributed by atoms with Gasteiger partial charge in [-0.2, -0.15) is 0 Å². The van der Waals surface area contributed by atoms with Crippen LogP contribution < -0.4 is 10.6 Å². The van der Waals surface area contributed by atoms with Crippen molar-refractivity contribution in [2.24, 2.45) is 17.3 Å². The van der Waals surface area contributed by atoms with Gasteiger partial charge in [-0.1, -0.05) is 20.8 Å². The zero-order valence-corrected chi connectivity index (χ0v) is 11.4. The lowest BCUT2D eigenvalue weighted by Crippen LogP contribution is -2.37. The first-order valence-corrected chi connectivity index (χ1v) is 6.38. The van der Waals surface area contributed by atoms with Crippen molar-refractivity contribution in [3.05, 3.63) is 24.5 Å². The summed E-state index contributed by atoms with van der Waals surface area (Å²) in [6.07, 6.45) is 3.20. The molecule has 0 unspecified atom stereocenters. The van der Waals surface area contributed by atoms with Gasteiger partial charge in [0.15, 0.2) is 0 Å². The molecule has 0 aromatic carbocycles. The number of nitrogens with one attached hydrogen (secondary N) is 2. The molecule has 2 rings (SSSR count). The van der Waals surface area contributed by atoms with Gasteiger partial charge in [0.1, 0.15) is 5.92 Å². The minimum absolute atomic E-state index is 0.00308. The largest absolute Gasteiger partial charge is 0.355 e. The van der Waals surface area contributed by atoms with Gasteiger partial charge in [0.25, 0.3) is 0 Å². The van der Waals surface area contributed by atoms with Gasteiger partial charge in [0.05, 0.1) is 11.9 Å². The van der Waals surface area contributed by atoms with Crippen LogP contribution in [0.25, 0.3) is 0 Å². The van der Waals surface area contributed by atoms with Crippen molar-refractivity contribution in [3.8, 4) is 0 Å². The molecule has 0 spiro atoms. The Bertz CT molecular complexity index is 479. The van der Waals surface area contributed by atoms with E-state index in [9.17, 15) is 9.59 Å². The van der Waals surface area contributed by atoms with Gasteiger partial charge in [0.2, 0.25) is 11.8 Å². The second-order valence-corrected chi connectivity index (χ2v) is 5.93. The van der Waals surface area contributed by atoms with Gasteiger partial charge in [-0.25, -0.2) is 0 Å². The Kier molecular flexibility index (Phi) is 3.55. The topological polar surface area (TPSA) is 71.1 Å². The molecule has 0 bridgehead atoms. The minimum atomic E-state index is -0.639. The van der Waals surface area contributed by atoms with Gasteiger partial charge < -0.3 is 10.6 Å². The Morgan fingerprint density at radius 2 is 2.21 bits per heavy atom. The second-order valence-electron chi connectivity index (χ2n) is 5.93. The van der Waals surface area contributed by atoms with E-state index in [1.807, 2.05) is 20.8 Å². The zero-order chi connectivity index (χ0) is 14.0. The van der Waals surface area contributed by atoms with Crippen LogP contribution in [0.5, 0.6) is 0 Å². The third-order valence-corrected chi connectivity index (χ3v) is 3.50. The molecule has 0 radical (unpaired) electrons. The summed E-state index contributed by atoms with van der Waals surface area (Å²) in [5.74, 6) is -1.10. The summed E-state index contributed by atoms with van der Waals surface area (Å²) in [5, 5.41) is 5.53. The van der Waals surface area contributed by atoms with Crippen LogP contribution >= 0.6 is 0 Å². The number of hydrogen-bond acceptors (Lipinski definition) is 3. The molecule has 1 aromatic rings. The summed E-state index contributed by atoms with van der Waals surface area (Å²) in [5.41, 5.74) is 0.510. The van der Waals surface area contributed by atoms with E-state index < -0.39 is 5.92 Å². The molecule has 0 saturated carbocycles. The fourth-order valence-corrected chi connectivity index (χ4v) is 2.39. The highest BCUT2D eigenvalue weighted by Crippen LogP contribution is 2.35. The van der Waals surface area contributed by atoms with Crippen LogP contribution in [0.15, 0.2) is 24.5 Å². The highest BCUT2D eigenvalue weighted by atomic mass is 16.2. The zero-order valence-electron chi connectivity index (χ0n) is 11.4. The monoisotopic (exact) mass is 261 g/mol. The second kappa shape index (κ2) is 4.99. The van der Waals surface area contributed by atoms with Crippen LogP contribution in [0.2, 0.25) is 0 Å². The maximum Gasteiger partial charge on any atom is 0.237 e. The first-order valence-electron chi connectivity index (χ1n) is 6.38. The molecule has 1 aromatic heterocycles. The molecule has 1 saturated heterocycles. The molecule has 1 aliphatic heterocycles. The lowest BCUT2D eigenvalue weighted by Gasteiger charge is -2.29. The standard InChI is InChI=1S/C14H19N3O2/c1-14(2,3)10-8-16-12(18)11(10)13(19)17-9-5-4-6-15-7-9/h4-7,10-11H,8H2,1-3H3,(H,16,18)(H,17,19)/t10-,11+/m1/s1. The van der Waals surface area contributed by atoms with Crippen molar-refractivity contribution < 1.29 is 9.59 Å². The summed E-state index contributed by atoms with van der Waals surface area (Å²) < 4.78 is 0. The van der Waals surface area contributed by atoms with Crippen LogP contribution in [0.4, 0.5) is 5.69 Å². The molecule has 2 amide bonds. The van der Waals surface area contributed by atoms with E-state index in [1.165, 1.54) is 0 Å². The van der Waals surface area contributed by atoms with Gasteiger partial charge in [-0.05, 0) is 17.5 Å². The fraction of sp³-hybridized carbons (Fsp3) is 0.500. The van der Waals surface area contributed by atoms with Crippen molar-refractivity contribution in [3.63, 3.8) is 0 Å². The number of pyridine rings is 1. The lowest BCUT2D eigenvalue weighted by atomic mass is 9.74. The Hall–Kier alpha value is -1.91. The van der Waals surface area contributed by atoms with E-state index in [0.717, 1.165) is 0 Å². The molecule has 1 aliphatic rings. The number of nitrogens with zero attached hydrogens (tertiary/aromatic N) is 1. The average Bonchev–Trinajstić information content (AvgIpc) is 2.72. The Labute approximate surface area is 112 Å². The molecule has 5 heteroatoms. The molecule has 0 aliphatic carbocycles. The highest BCUT2D eigenvalue weighted by molar-refractivity contribution is 6.07. The number of hydrogen-bond donors (Lipinski definition) is 2. The van der Waals surface area contributed by atoms with Gasteiger partial charge in [0, 0.05) is 18.7 Å². The maximum absolute atomic E-state index is 12.3. The third kappa shape index (κ3) is 2.92. The molecular formula is C14H19N3O2. The minimum Gasteiger partial charge on any atom is -0.355 e. The number of aromatic nitrogens is 1. The molecule has 5 nitrogen and oxygen atoms in total. The van der Waals surface area contributed by atoms with Gasteiger partial charge in [-0.3, -0.25) is 14.6 Å². The Morgan fingerprint density at radius 3 is 2.79 bits per heavy atom. The number of anilines is 1. The predicted molar refractivity (Wildman–Crippen MR) is 72.3 cm³/mol. The molecule has 2 heterocycles. The maximum atomic E-state index is 12.3. The smallest absolute Gasteiger partial charge is 0.237 e. The SMILES string of the molecule is CC(C)(C)[C@@H]1CNC(=O)[C@H]1C(=O)Nc1cccnc1. The lowest BCUT2D eigenvalue weighted by molar-refractivity contribution is -0.132. The summed E-state index contributed by atoms with van der Waals surface area (Å²) in [6, 6.07) is 3.50. The number of rotatable bonds is 2. The quantitative estimate of drug-likeness (QED) is 0.791. The molecular weight excluding hydrogens is 242 g/mol. The molecule has 102 valence electrons. The number of amides is 2. The Morgan fingerprint density at radius 1 is 1.47 bits per heavy atom. The van der Waals surface area contributed by atoms with Gasteiger partial charge in [-0.15, -0.1) is 0 Å². The van der Waals surface area contributed by atoms with E-state index in [1.54, 1.807) is 24.5 Å². The first-order chi connectivity index (χ1) is 8.89. The van der Waals surface area contributed by atoms with Crippen LogP contribution in [-0.4, -0.2) is 23.3 Å². The van der Waals surface area contributed by atoms with Gasteiger partial charge >= 0.3 is 0 Å². The van der Waals surface area contributed by atoms with Crippen molar-refractivity contribution in [2.75, 3.05) is 11.9 Å². The van der Waals surface area contributed by atoms with Crippen molar-refractivity contribution in [2.45, 2.75) is 20.8 Å². The molecule has 19 heavy (non-hydrogen) atoms. The normalized spacial score (nSPS) is 23.0. The summed E-state index contributed by atoms with van der Waals surface area (Å²) in [7, 11) is 0. The Balaban J connectivity index is 2.15. The van der Waals surface area contributed by atoms with Crippen LogP contribution in [-0.2, 0) is 9.59 Å². The first kappa shape index (κ1) is 13.5. The summed E-state index contributed by atoms with van der Waals surface area (Å²) in [4.78, 5) is 28.1. The molecule has 2 atom stereocenters. The van der Waals surface area contributed by atoms with Crippen molar-refractivity contribution >= 4 is 17.5 Å². The van der Waals surface area contributed by atoms with Crippen molar-refractivity contribution in [1.82, 2.24) is 10.3 Å². The predicted octanol–water partition coefficient (Wildman–Crippen LogP) is 1.43. The number of carbonyl (C=O) groups excluding carboxylic acids is 2. The van der Waals surface area contributed by atoms with E-state index in [2.05, 4.69) is 15.6 Å². The van der Waals surface area contributed by atoms with E-state index in [-0.39, 0.29) is 23.1 Å². The van der Waals surface area contributed by atoms with E-state index in [4.69, 9.17) is 0 Å².